The Kier molecular flexibility index (Phi) is 6.44. The molecule has 2 aromatic carbocycles. The van der Waals surface area contributed by atoms with E-state index in [1.165, 1.54) is 12.4 Å². The number of ether oxygens (including phenoxy) is 3. The molecule has 1 N–H and O–H groups in total. The number of likely N-dealkylation sites (tertiary alicyclic amines) is 1. The van der Waals surface area contributed by atoms with Gasteiger partial charge in [0, 0.05) is 30.0 Å². The molecule has 5 rings (SSSR count). The number of furan rings is 1. The second-order valence-corrected chi connectivity index (χ2v) is 8.28. The zero-order valence-corrected chi connectivity index (χ0v) is 20.1. The van der Waals surface area contributed by atoms with Crippen molar-refractivity contribution in [3.63, 3.8) is 0 Å². The molecule has 1 amide bonds. The van der Waals surface area contributed by atoms with Crippen molar-refractivity contribution >= 4 is 28.3 Å². The molecule has 0 bridgehead atoms. The molecule has 2 aromatic heterocycles. The Morgan fingerprint density at radius 1 is 1.14 bits per heavy atom. The highest BCUT2D eigenvalue weighted by Crippen LogP contribution is 2.38. The van der Waals surface area contributed by atoms with Crippen LogP contribution < -0.4 is 19.5 Å². The zero-order valence-electron chi connectivity index (χ0n) is 20.1. The maximum absolute atomic E-state index is 12.0. The van der Waals surface area contributed by atoms with Crippen LogP contribution in [0.15, 0.2) is 72.1 Å². The number of rotatable bonds is 8. The van der Waals surface area contributed by atoms with Gasteiger partial charge in [0.1, 0.15) is 29.8 Å². The van der Waals surface area contributed by atoms with Crippen molar-refractivity contribution in [3.8, 4) is 28.6 Å². The number of hydrogen-bond donors (Lipinski definition) is 1. The number of amides is 1. The van der Waals surface area contributed by atoms with Gasteiger partial charge in [0.25, 0.3) is 0 Å². The fraction of sp³-hybridized carbons (Fsp3) is 0.222. The van der Waals surface area contributed by atoms with Gasteiger partial charge in [-0.25, -0.2) is 9.97 Å². The highest BCUT2D eigenvalue weighted by atomic mass is 16.5. The van der Waals surface area contributed by atoms with Gasteiger partial charge in [0.05, 0.1) is 38.2 Å². The number of nitrogens with one attached hydrogen (secondary N) is 1. The predicted octanol–water partition coefficient (Wildman–Crippen LogP) is 4.82. The lowest BCUT2D eigenvalue weighted by molar-refractivity contribution is -0.125. The molecule has 1 fully saturated rings. The third kappa shape index (κ3) is 4.55. The maximum Gasteiger partial charge on any atom is 0.246 e. The first-order chi connectivity index (χ1) is 17.6. The maximum atomic E-state index is 12.0. The molecule has 9 heteroatoms. The molecular weight excluding hydrogens is 460 g/mol. The van der Waals surface area contributed by atoms with E-state index in [2.05, 4.69) is 21.9 Å². The van der Waals surface area contributed by atoms with Crippen molar-refractivity contribution in [3.05, 3.63) is 67.7 Å². The first-order valence-electron chi connectivity index (χ1n) is 11.5. The van der Waals surface area contributed by atoms with Gasteiger partial charge in [0.15, 0.2) is 11.5 Å². The number of fused-ring (bicyclic) bond motifs is 1. The van der Waals surface area contributed by atoms with Gasteiger partial charge in [-0.3, -0.25) is 4.79 Å². The van der Waals surface area contributed by atoms with Crippen LogP contribution in [0.4, 0.5) is 11.5 Å². The second-order valence-electron chi connectivity index (χ2n) is 8.28. The van der Waals surface area contributed by atoms with E-state index in [9.17, 15) is 4.79 Å². The number of carbonyl (C=O) groups excluding carboxylic acids is 1. The number of anilines is 2. The minimum Gasteiger partial charge on any atom is -0.495 e. The molecule has 9 nitrogen and oxygen atoms in total. The molecule has 0 spiro atoms. The van der Waals surface area contributed by atoms with Crippen LogP contribution in [0.3, 0.4) is 0 Å². The number of nitrogens with zero attached hydrogens (tertiary/aromatic N) is 3. The molecule has 4 aromatic rings. The Hall–Kier alpha value is -4.53. The average Bonchev–Trinajstić information content (AvgIpc) is 3.61. The predicted molar refractivity (Wildman–Crippen MR) is 136 cm³/mol. The number of aromatic nitrogens is 2. The topological polar surface area (TPSA) is 99.0 Å². The van der Waals surface area contributed by atoms with Crippen molar-refractivity contribution in [2.45, 2.75) is 12.5 Å². The average molecular weight is 487 g/mol. The monoisotopic (exact) mass is 486 g/mol. The third-order valence-electron chi connectivity index (χ3n) is 6.10. The van der Waals surface area contributed by atoms with Gasteiger partial charge >= 0.3 is 0 Å². The largest absolute Gasteiger partial charge is 0.495 e. The lowest BCUT2D eigenvalue weighted by Gasteiger charge is -2.18. The van der Waals surface area contributed by atoms with Crippen LogP contribution in [0.1, 0.15) is 6.42 Å². The third-order valence-corrected chi connectivity index (χ3v) is 6.10. The Morgan fingerprint density at radius 3 is 2.75 bits per heavy atom. The highest BCUT2D eigenvalue weighted by Gasteiger charge is 2.27. The first kappa shape index (κ1) is 23.2. The minimum atomic E-state index is -0.161. The molecule has 3 heterocycles. The first-order valence-corrected chi connectivity index (χ1v) is 11.5. The molecule has 0 unspecified atom stereocenters. The van der Waals surface area contributed by atoms with Gasteiger partial charge in [-0.15, -0.1) is 0 Å². The van der Waals surface area contributed by atoms with E-state index in [0.717, 1.165) is 22.4 Å². The highest BCUT2D eigenvalue weighted by molar-refractivity contribution is 5.93. The Bertz CT molecular complexity index is 1400. The summed E-state index contributed by atoms with van der Waals surface area (Å²) in [6.07, 6.45) is 5.00. The van der Waals surface area contributed by atoms with Gasteiger partial charge in [0.2, 0.25) is 5.91 Å². The number of methoxy groups -OCH3 is 2. The lowest BCUT2D eigenvalue weighted by Crippen LogP contribution is -2.29. The van der Waals surface area contributed by atoms with E-state index in [4.69, 9.17) is 18.6 Å². The molecule has 1 aliphatic heterocycles. The van der Waals surface area contributed by atoms with E-state index in [-0.39, 0.29) is 12.0 Å². The van der Waals surface area contributed by atoms with Gasteiger partial charge in [-0.05, 0) is 42.5 Å². The van der Waals surface area contributed by atoms with Crippen LogP contribution in [0.2, 0.25) is 0 Å². The summed E-state index contributed by atoms with van der Waals surface area (Å²) >= 11 is 0. The molecule has 184 valence electrons. The molecule has 0 aliphatic carbocycles. The molecule has 36 heavy (non-hydrogen) atoms. The normalized spacial score (nSPS) is 15.1. The van der Waals surface area contributed by atoms with Crippen LogP contribution in [0, 0.1) is 0 Å². The van der Waals surface area contributed by atoms with Crippen molar-refractivity contribution < 1.29 is 23.4 Å². The van der Waals surface area contributed by atoms with E-state index in [1.807, 2.05) is 42.5 Å². The van der Waals surface area contributed by atoms with E-state index < -0.39 is 0 Å². The summed E-state index contributed by atoms with van der Waals surface area (Å²) < 4.78 is 23.0. The van der Waals surface area contributed by atoms with Crippen molar-refractivity contribution in [2.24, 2.45) is 0 Å². The van der Waals surface area contributed by atoms with E-state index >= 15 is 0 Å². The fourth-order valence-corrected chi connectivity index (χ4v) is 4.28. The quantitative estimate of drug-likeness (QED) is 0.354. The minimum absolute atomic E-state index is 0.0998. The molecular formula is C27H26N4O5. The summed E-state index contributed by atoms with van der Waals surface area (Å²) in [5.41, 5.74) is 2.30. The standard InChI is InChI=1S/C27H26N4O5/c1-4-26(32)31-10-9-18(15-31)36-25-13-19-20(14-24(25)34-3)28-16-29-27(19)30-21-12-17(7-8-23(21)33-2)22-6-5-11-35-22/h4-8,11-14,16,18H,1,9-10,15H2,2-3H3,(H,28,29,30)/t18-/m0/s1. The summed E-state index contributed by atoms with van der Waals surface area (Å²) in [5, 5.41) is 4.12. The lowest BCUT2D eigenvalue weighted by atomic mass is 10.1. The van der Waals surface area contributed by atoms with Crippen molar-refractivity contribution in [2.75, 3.05) is 32.6 Å². The van der Waals surface area contributed by atoms with Gasteiger partial charge < -0.3 is 28.8 Å². The number of hydrogen-bond acceptors (Lipinski definition) is 8. The van der Waals surface area contributed by atoms with Crippen LogP contribution in [-0.2, 0) is 4.79 Å². The smallest absolute Gasteiger partial charge is 0.246 e. The molecule has 0 saturated carbocycles. The van der Waals surface area contributed by atoms with E-state index in [0.29, 0.717) is 48.1 Å². The number of benzene rings is 2. The Morgan fingerprint density at radius 2 is 2.00 bits per heavy atom. The summed E-state index contributed by atoms with van der Waals surface area (Å²) in [7, 11) is 3.20. The molecule has 1 aliphatic rings. The fourth-order valence-electron chi connectivity index (χ4n) is 4.28. The van der Waals surface area contributed by atoms with E-state index in [1.54, 1.807) is 25.4 Å². The van der Waals surface area contributed by atoms with Crippen LogP contribution >= 0.6 is 0 Å². The summed E-state index contributed by atoms with van der Waals surface area (Å²) in [6.45, 7) is 4.67. The van der Waals surface area contributed by atoms with Crippen LogP contribution in [0.25, 0.3) is 22.2 Å². The summed E-state index contributed by atoms with van der Waals surface area (Å²) in [5.74, 6) is 2.98. The zero-order chi connectivity index (χ0) is 25.1. The Labute approximate surface area is 208 Å². The molecule has 0 radical (unpaired) electrons. The van der Waals surface area contributed by atoms with Crippen LogP contribution in [0.5, 0.6) is 17.2 Å². The number of carbonyl (C=O) groups is 1. The summed E-state index contributed by atoms with van der Waals surface area (Å²) in [6, 6.07) is 13.2. The SMILES string of the molecule is C=CC(=O)N1CC[C@H](Oc2cc3c(Nc4cc(-c5ccco5)ccc4OC)ncnc3cc2OC)C1. The molecule has 1 saturated heterocycles. The second kappa shape index (κ2) is 9.99. The van der Waals surface area contributed by atoms with Crippen molar-refractivity contribution in [1.82, 2.24) is 14.9 Å². The van der Waals surface area contributed by atoms with Gasteiger partial charge in [-0.2, -0.15) is 0 Å². The van der Waals surface area contributed by atoms with Gasteiger partial charge in [-0.1, -0.05) is 6.58 Å². The van der Waals surface area contributed by atoms with Crippen molar-refractivity contribution in [1.29, 1.82) is 0 Å². The van der Waals surface area contributed by atoms with Crippen LogP contribution in [-0.4, -0.2) is 54.2 Å². The molecule has 1 atom stereocenters. The summed E-state index contributed by atoms with van der Waals surface area (Å²) in [4.78, 5) is 22.6. The Balaban J connectivity index is 1.48.